The Labute approximate surface area is 125 Å². The quantitative estimate of drug-likeness (QED) is 0.878. The van der Waals surface area contributed by atoms with Crippen molar-refractivity contribution in [1.82, 2.24) is 4.90 Å². The van der Waals surface area contributed by atoms with Crippen LogP contribution >= 0.6 is 22.9 Å². The van der Waals surface area contributed by atoms with Crippen molar-refractivity contribution in [2.45, 2.75) is 45.1 Å². The molecule has 1 aliphatic heterocycles. The highest BCUT2D eigenvalue weighted by molar-refractivity contribution is 7.16. The maximum absolute atomic E-state index is 6.06. The highest BCUT2D eigenvalue weighted by Crippen LogP contribution is 2.32. The van der Waals surface area contributed by atoms with Gasteiger partial charge in [-0.05, 0) is 50.4 Å². The zero-order chi connectivity index (χ0) is 13.7. The van der Waals surface area contributed by atoms with Crippen molar-refractivity contribution in [2.75, 3.05) is 19.6 Å². The van der Waals surface area contributed by atoms with Gasteiger partial charge >= 0.3 is 0 Å². The van der Waals surface area contributed by atoms with Crippen LogP contribution in [0.3, 0.4) is 0 Å². The zero-order valence-electron chi connectivity index (χ0n) is 11.8. The number of halogens is 1. The van der Waals surface area contributed by atoms with Gasteiger partial charge in [-0.25, -0.2) is 0 Å². The van der Waals surface area contributed by atoms with Crippen molar-refractivity contribution in [3.8, 4) is 0 Å². The summed E-state index contributed by atoms with van der Waals surface area (Å²) in [6.07, 6.45) is 6.70. The molecule has 2 nitrogen and oxygen atoms in total. The maximum Gasteiger partial charge on any atom is 0.0931 e. The first kappa shape index (κ1) is 15.3. The third-order valence-electron chi connectivity index (χ3n) is 4.17. The molecule has 2 atom stereocenters. The van der Waals surface area contributed by atoms with Crippen molar-refractivity contribution >= 4 is 22.9 Å². The summed E-state index contributed by atoms with van der Waals surface area (Å²) in [6.45, 7) is 5.34. The first-order chi connectivity index (χ1) is 9.24. The molecule has 1 aromatic rings. The summed E-state index contributed by atoms with van der Waals surface area (Å²) in [5, 5.41) is 0. The molecule has 2 unspecified atom stereocenters. The smallest absolute Gasteiger partial charge is 0.0931 e. The summed E-state index contributed by atoms with van der Waals surface area (Å²) in [5.41, 5.74) is 6.01. The van der Waals surface area contributed by atoms with Gasteiger partial charge in [0.1, 0.15) is 0 Å². The molecule has 0 saturated carbocycles. The number of hydrogen-bond acceptors (Lipinski definition) is 3. The second-order valence-corrected chi connectivity index (χ2v) is 7.26. The number of thiophene rings is 1. The lowest BCUT2D eigenvalue weighted by Gasteiger charge is -2.29. The Morgan fingerprint density at radius 1 is 1.42 bits per heavy atom. The van der Waals surface area contributed by atoms with E-state index < -0.39 is 0 Å². The van der Waals surface area contributed by atoms with E-state index in [1.54, 1.807) is 11.3 Å². The topological polar surface area (TPSA) is 29.3 Å². The molecular formula is C15H25ClN2S. The molecule has 2 rings (SSSR count). The van der Waals surface area contributed by atoms with Crippen LogP contribution in [0, 0.1) is 5.92 Å². The van der Waals surface area contributed by atoms with E-state index in [4.69, 9.17) is 17.3 Å². The average molecular weight is 301 g/mol. The Bertz CT molecular complexity index is 380. The maximum atomic E-state index is 6.06. The van der Waals surface area contributed by atoms with Gasteiger partial charge in [-0.2, -0.15) is 0 Å². The van der Waals surface area contributed by atoms with Crippen LogP contribution in [-0.2, 0) is 0 Å². The monoisotopic (exact) mass is 300 g/mol. The van der Waals surface area contributed by atoms with Gasteiger partial charge in [0.25, 0.3) is 0 Å². The fourth-order valence-electron chi connectivity index (χ4n) is 3.15. The number of nitrogens with zero attached hydrogens (tertiary/aromatic N) is 1. The highest BCUT2D eigenvalue weighted by atomic mass is 35.5. The largest absolute Gasteiger partial charge is 0.329 e. The average Bonchev–Trinajstić information content (AvgIpc) is 2.69. The third kappa shape index (κ3) is 4.19. The number of rotatable bonds is 5. The summed E-state index contributed by atoms with van der Waals surface area (Å²) < 4.78 is 0.868. The molecule has 0 radical (unpaired) electrons. The summed E-state index contributed by atoms with van der Waals surface area (Å²) in [4.78, 5) is 3.89. The van der Waals surface area contributed by atoms with Crippen molar-refractivity contribution in [1.29, 1.82) is 0 Å². The number of likely N-dealkylation sites (tertiary alicyclic amines) is 1. The molecule has 0 amide bonds. The molecule has 0 aliphatic carbocycles. The first-order valence-electron chi connectivity index (χ1n) is 7.44. The van der Waals surface area contributed by atoms with Crippen LogP contribution < -0.4 is 5.73 Å². The fourth-order valence-corrected chi connectivity index (χ4v) is 4.36. The molecule has 1 aliphatic rings. The van der Waals surface area contributed by atoms with Crippen LogP contribution in [0.25, 0.3) is 0 Å². The number of nitrogens with two attached hydrogens (primary N) is 1. The van der Waals surface area contributed by atoms with E-state index in [9.17, 15) is 0 Å². The van der Waals surface area contributed by atoms with Crippen molar-refractivity contribution in [3.63, 3.8) is 0 Å². The van der Waals surface area contributed by atoms with Gasteiger partial charge in [0, 0.05) is 11.4 Å². The van der Waals surface area contributed by atoms with Crippen LogP contribution in [0.1, 0.15) is 49.9 Å². The lowest BCUT2D eigenvalue weighted by atomic mass is 9.96. The van der Waals surface area contributed by atoms with Gasteiger partial charge in [0.2, 0.25) is 0 Å². The van der Waals surface area contributed by atoms with E-state index in [0.717, 1.165) is 10.3 Å². The fraction of sp³-hybridized carbons (Fsp3) is 0.733. The van der Waals surface area contributed by atoms with E-state index in [1.165, 1.54) is 50.1 Å². The highest BCUT2D eigenvalue weighted by Gasteiger charge is 2.24. The van der Waals surface area contributed by atoms with Crippen LogP contribution in [0.15, 0.2) is 12.1 Å². The normalized spacial score (nSPS) is 23.2. The Morgan fingerprint density at radius 3 is 2.89 bits per heavy atom. The molecule has 0 aromatic carbocycles. The molecule has 2 N–H and O–H groups in total. The predicted octanol–water partition coefficient (Wildman–Crippen LogP) is 4.30. The van der Waals surface area contributed by atoms with Gasteiger partial charge in [0.05, 0.1) is 10.4 Å². The summed E-state index contributed by atoms with van der Waals surface area (Å²) in [7, 11) is 0. The van der Waals surface area contributed by atoms with E-state index in [0.29, 0.717) is 12.6 Å². The van der Waals surface area contributed by atoms with Crippen molar-refractivity contribution in [2.24, 2.45) is 11.7 Å². The summed E-state index contributed by atoms with van der Waals surface area (Å²) in [5.74, 6) is 0.917. The van der Waals surface area contributed by atoms with Gasteiger partial charge in [0.15, 0.2) is 0 Å². The van der Waals surface area contributed by atoms with Crippen LogP contribution in [-0.4, -0.2) is 24.5 Å². The first-order valence-corrected chi connectivity index (χ1v) is 8.63. The summed E-state index contributed by atoms with van der Waals surface area (Å²) >= 11 is 7.73. The lowest BCUT2D eigenvalue weighted by molar-refractivity contribution is 0.209. The number of hydrogen-bond donors (Lipinski definition) is 1. The Kier molecular flexibility index (Phi) is 6.14. The Balaban J connectivity index is 1.99. The molecule has 19 heavy (non-hydrogen) atoms. The molecule has 0 spiro atoms. The van der Waals surface area contributed by atoms with Gasteiger partial charge < -0.3 is 5.73 Å². The predicted molar refractivity (Wildman–Crippen MR) is 84.9 cm³/mol. The van der Waals surface area contributed by atoms with Gasteiger partial charge in [-0.3, -0.25) is 4.90 Å². The standard InChI is InChI=1S/C15H25ClN2S/c1-2-4-12-5-3-9-18(10-8-12)13(11-17)14-6-7-15(16)19-14/h6-7,12-13H,2-5,8-11,17H2,1H3. The van der Waals surface area contributed by atoms with E-state index in [2.05, 4.69) is 17.9 Å². The van der Waals surface area contributed by atoms with E-state index in [-0.39, 0.29) is 0 Å². The molecule has 1 aromatic heterocycles. The molecule has 0 bridgehead atoms. The van der Waals surface area contributed by atoms with Crippen LogP contribution in [0.5, 0.6) is 0 Å². The minimum absolute atomic E-state index is 0.359. The summed E-state index contributed by atoms with van der Waals surface area (Å²) in [6, 6.07) is 4.49. The van der Waals surface area contributed by atoms with Crippen LogP contribution in [0.2, 0.25) is 4.34 Å². The van der Waals surface area contributed by atoms with Crippen molar-refractivity contribution in [3.05, 3.63) is 21.3 Å². The third-order valence-corrected chi connectivity index (χ3v) is 5.50. The van der Waals surface area contributed by atoms with Crippen LogP contribution in [0.4, 0.5) is 0 Å². The van der Waals surface area contributed by atoms with Gasteiger partial charge in [-0.15, -0.1) is 11.3 Å². The second-order valence-electron chi connectivity index (χ2n) is 5.51. The van der Waals surface area contributed by atoms with Gasteiger partial charge in [-0.1, -0.05) is 31.4 Å². The Hall–Kier alpha value is -0.0900. The molecule has 4 heteroatoms. The molecule has 108 valence electrons. The minimum atomic E-state index is 0.359. The SMILES string of the molecule is CCCC1CCCN(C(CN)c2ccc(Cl)s2)CC1. The zero-order valence-corrected chi connectivity index (χ0v) is 13.3. The van der Waals surface area contributed by atoms with E-state index >= 15 is 0 Å². The lowest BCUT2D eigenvalue weighted by Crippen LogP contribution is -2.34. The molecule has 2 heterocycles. The molecule has 1 fully saturated rings. The van der Waals surface area contributed by atoms with E-state index in [1.807, 2.05) is 6.07 Å². The molecular weight excluding hydrogens is 276 g/mol. The minimum Gasteiger partial charge on any atom is -0.329 e. The molecule has 1 saturated heterocycles. The van der Waals surface area contributed by atoms with Crippen molar-refractivity contribution < 1.29 is 0 Å². The Morgan fingerprint density at radius 2 is 2.26 bits per heavy atom. The second kappa shape index (κ2) is 7.63.